The molecule has 6 heteroatoms. The number of carbonyl (C=O) groups is 1. The van der Waals surface area contributed by atoms with Crippen molar-refractivity contribution in [1.29, 1.82) is 0 Å². The number of hydrogen-bond donors (Lipinski definition) is 1. The Balaban J connectivity index is 1.57. The maximum Gasteiger partial charge on any atom is 0.256 e. The molecule has 4 nitrogen and oxygen atoms in total. The number of nitrogens with one attached hydrogen (secondary N) is 1. The van der Waals surface area contributed by atoms with Crippen LogP contribution in [0, 0.1) is 0 Å². The summed E-state index contributed by atoms with van der Waals surface area (Å²) < 4.78 is 11.4. The molecule has 0 aromatic heterocycles. The highest BCUT2D eigenvalue weighted by atomic mass is 35.5. The molecule has 1 amide bonds. The molecule has 0 bridgehead atoms. The third-order valence-corrected chi connectivity index (χ3v) is 5.33. The van der Waals surface area contributed by atoms with E-state index >= 15 is 0 Å². The van der Waals surface area contributed by atoms with E-state index in [9.17, 15) is 4.79 Å². The number of fused-ring (bicyclic) bond motifs is 1. The molecule has 0 spiro atoms. The number of benzene rings is 3. The molecule has 1 N–H and O–H groups in total. The van der Waals surface area contributed by atoms with Gasteiger partial charge in [0.25, 0.3) is 5.91 Å². The number of para-hydroxylation sites is 1. The Bertz CT molecular complexity index is 1120. The zero-order valence-corrected chi connectivity index (χ0v) is 17.1. The van der Waals surface area contributed by atoms with Gasteiger partial charge in [0, 0.05) is 16.8 Å². The Labute approximate surface area is 178 Å². The summed E-state index contributed by atoms with van der Waals surface area (Å²) in [4.78, 5) is 12.3. The van der Waals surface area contributed by atoms with Crippen LogP contribution >= 0.6 is 23.2 Å². The summed E-state index contributed by atoms with van der Waals surface area (Å²) in [6.45, 7) is 0.323. The fourth-order valence-electron chi connectivity index (χ4n) is 3.13. The number of carbonyl (C=O) groups excluding carboxylic acids is 1. The second-order valence-electron chi connectivity index (χ2n) is 6.51. The lowest BCUT2D eigenvalue weighted by Crippen LogP contribution is -2.03. The van der Waals surface area contributed by atoms with Crippen molar-refractivity contribution < 1.29 is 14.3 Å². The average molecular weight is 426 g/mol. The lowest BCUT2D eigenvalue weighted by molar-refractivity contribution is -0.110. The van der Waals surface area contributed by atoms with E-state index in [2.05, 4.69) is 5.32 Å². The minimum Gasteiger partial charge on any atom is -0.493 e. The van der Waals surface area contributed by atoms with Crippen LogP contribution in [0.1, 0.15) is 16.7 Å². The van der Waals surface area contributed by atoms with E-state index in [1.807, 2.05) is 54.6 Å². The van der Waals surface area contributed by atoms with Gasteiger partial charge in [-0.2, -0.15) is 0 Å². The first-order chi connectivity index (χ1) is 14.0. The van der Waals surface area contributed by atoms with Gasteiger partial charge in [0.1, 0.15) is 6.61 Å². The zero-order valence-electron chi connectivity index (χ0n) is 15.5. The van der Waals surface area contributed by atoms with Gasteiger partial charge in [-0.1, -0.05) is 53.5 Å². The molecule has 3 aromatic carbocycles. The van der Waals surface area contributed by atoms with Crippen LogP contribution in [-0.2, 0) is 11.4 Å². The molecule has 1 aliphatic heterocycles. The molecular formula is C23H17Cl2NO3. The smallest absolute Gasteiger partial charge is 0.256 e. The third-order valence-electron chi connectivity index (χ3n) is 4.59. The molecule has 0 unspecified atom stereocenters. The van der Waals surface area contributed by atoms with Gasteiger partial charge < -0.3 is 14.8 Å². The molecule has 0 radical (unpaired) electrons. The van der Waals surface area contributed by atoms with E-state index in [1.165, 1.54) is 0 Å². The van der Waals surface area contributed by atoms with Crippen LogP contribution in [0.3, 0.4) is 0 Å². The van der Waals surface area contributed by atoms with E-state index in [0.29, 0.717) is 33.7 Å². The first kappa shape index (κ1) is 19.4. The molecule has 146 valence electrons. The van der Waals surface area contributed by atoms with Crippen LogP contribution in [0.4, 0.5) is 5.69 Å². The molecule has 0 fully saturated rings. The first-order valence-corrected chi connectivity index (χ1v) is 9.68. The number of rotatable bonds is 5. The molecule has 3 aromatic rings. The lowest BCUT2D eigenvalue weighted by Gasteiger charge is -2.12. The highest BCUT2D eigenvalue weighted by Crippen LogP contribution is 2.35. The van der Waals surface area contributed by atoms with Crippen molar-refractivity contribution in [1.82, 2.24) is 0 Å². The van der Waals surface area contributed by atoms with Crippen molar-refractivity contribution in [3.8, 4) is 11.5 Å². The molecule has 4 rings (SSSR count). The molecule has 0 atom stereocenters. The minimum absolute atomic E-state index is 0.120. The van der Waals surface area contributed by atoms with Crippen molar-refractivity contribution in [2.24, 2.45) is 0 Å². The Kier molecular flexibility index (Phi) is 5.47. The Morgan fingerprint density at radius 1 is 0.966 bits per heavy atom. The van der Waals surface area contributed by atoms with Crippen molar-refractivity contribution in [2.75, 3.05) is 12.4 Å². The zero-order chi connectivity index (χ0) is 20.4. The maximum absolute atomic E-state index is 12.3. The summed E-state index contributed by atoms with van der Waals surface area (Å²) in [5.41, 5.74) is 4.05. The first-order valence-electron chi connectivity index (χ1n) is 8.92. The second kappa shape index (κ2) is 8.19. The predicted molar refractivity (Wildman–Crippen MR) is 117 cm³/mol. The summed E-state index contributed by atoms with van der Waals surface area (Å²) >= 11 is 12.0. The van der Waals surface area contributed by atoms with Gasteiger partial charge in [-0.25, -0.2) is 0 Å². The number of methoxy groups -OCH3 is 1. The lowest BCUT2D eigenvalue weighted by atomic mass is 10.0. The van der Waals surface area contributed by atoms with Gasteiger partial charge in [-0.3, -0.25) is 4.79 Å². The molecular weight excluding hydrogens is 409 g/mol. The monoisotopic (exact) mass is 425 g/mol. The number of amides is 1. The van der Waals surface area contributed by atoms with Crippen molar-refractivity contribution in [3.05, 3.63) is 87.4 Å². The van der Waals surface area contributed by atoms with E-state index in [0.717, 1.165) is 22.4 Å². The van der Waals surface area contributed by atoms with E-state index in [4.69, 9.17) is 32.7 Å². The number of ether oxygens (including phenoxy) is 2. The summed E-state index contributed by atoms with van der Waals surface area (Å²) in [5, 5.41) is 3.86. The van der Waals surface area contributed by atoms with Crippen LogP contribution in [0.5, 0.6) is 11.5 Å². The highest BCUT2D eigenvalue weighted by molar-refractivity contribution is 6.42. The third kappa shape index (κ3) is 4.09. The minimum atomic E-state index is -0.120. The SMILES string of the molecule is COc1cc(/C=C2\C(=O)Nc3ccccc32)ccc1OCc1ccc(Cl)c(Cl)c1. The predicted octanol–water partition coefficient (Wildman–Crippen LogP) is 6.07. The van der Waals surface area contributed by atoms with Crippen molar-refractivity contribution >= 4 is 46.4 Å². The largest absolute Gasteiger partial charge is 0.493 e. The van der Waals surface area contributed by atoms with Crippen LogP contribution in [-0.4, -0.2) is 13.0 Å². The Morgan fingerprint density at radius 2 is 1.79 bits per heavy atom. The van der Waals surface area contributed by atoms with Crippen LogP contribution in [0.25, 0.3) is 11.6 Å². The van der Waals surface area contributed by atoms with Gasteiger partial charge in [0.15, 0.2) is 11.5 Å². The topological polar surface area (TPSA) is 47.6 Å². The quantitative estimate of drug-likeness (QED) is 0.504. The van der Waals surface area contributed by atoms with Crippen LogP contribution < -0.4 is 14.8 Å². The van der Waals surface area contributed by atoms with Crippen molar-refractivity contribution in [2.45, 2.75) is 6.61 Å². The maximum atomic E-state index is 12.3. The molecule has 0 saturated carbocycles. The van der Waals surface area contributed by atoms with Crippen molar-refractivity contribution in [3.63, 3.8) is 0 Å². The standard InChI is InChI=1S/C23H17Cl2NO3/c1-28-22-12-14(10-17-16-4-2-3-5-20(16)26-23(17)27)7-9-21(22)29-13-15-6-8-18(24)19(25)11-15/h2-12H,13H2,1H3,(H,26,27)/b17-10-. The van der Waals surface area contributed by atoms with E-state index in [-0.39, 0.29) is 5.91 Å². The average Bonchev–Trinajstić information content (AvgIpc) is 3.04. The molecule has 0 aliphatic carbocycles. The fraction of sp³-hybridized carbons (Fsp3) is 0.0870. The van der Waals surface area contributed by atoms with E-state index in [1.54, 1.807) is 19.2 Å². The highest BCUT2D eigenvalue weighted by Gasteiger charge is 2.23. The number of halogens is 2. The van der Waals surface area contributed by atoms with Crippen LogP contribution in [0.15, 0.2) is 60.7 Å². The molecule has 1 aliphatic rings. The number of anilines is 1. The van der Waals surface area contributed by atoms with Gasteiger partial charge in [0.2, 0.25) is 0 Å². The van der Waals surface area contributed by atoms with Gasteiger partial charge in [-0.15, -0.1) is 0 Å². The molecule has 0 saturated heterocycles. The van der Waals surface area contributed by atoms with Crippen LogP contribution in [0.2, 0.25) is 10.0 Å². The summed E-state index contributed by atoms with van der Waals surface area (Å²) in [6, 6.07) is 18.5. The summed E-state index contributed by atoms with van der Waals surface area (Å²) in [7, 11) is 1.58. The Morgan fingerprint density at radius 3 is 2.59 bits per heavy atom. The summed E-state index contributed by atoms with van der Waals surface area (Å²) in [6.07, 6.45) is 1.84. The summed E-state index contributed by atoms with van der Waals surface area (Å²) in [5.74, 6) is 1.05. The number of hydrogen-bond acceptors (Lipinski definition) is 3. The molecule has 29 heavy (non-hydrogen) atoms. The van der Waals surface area contributed by atoms with Gasteiger partial charge in [-0.05, 0) is 47.5 Å². The van der Waals surface area contributed by atoms with Gasteiger partial charge in [0.05, 0.1) is 17.2 Å². The Hall–Kier alpha value is -2.95. The molecule has 1 heterocycles. The van der Waals surface area contributed by atoms with Gasteiger partial charge >= 0.3 is 0 Å². The second-order valence-corrected chi connectivity index (χ2v) is 7.32. The van der Waals surface area contributed by atoms with E-state index < -0.39 is 0 Å². The fourth-order valence-corrected chi connectivity index (χ4v) is 3.45. The normalized spacial score (nSPS) is 13.9.